The molecule has 1 aromatic rings. The molecule has 0 amide bonds. The molecule has 3 heteroatoms. The fraction of sp³-hybridized carbons (Fsp3) is 0.562. The second kappa shape index (κ2) is 5.04. The fourth-order valence-corrected chi connectivity index (χ4v) is 3.58. The lowest BCUT2D eigenvalue weighted by Gasteiger charge is -2.36. The number of hydrogen-bond acceptors (Lipinski definition) is 2. The number of carbonyl (C=O) groups is 1. The zero-order valence-electron chi connectivity index (χ0n) is 11.1. The molecule has 0 spiro atoms. The molecule has 2 bridgehead atoms. The maximum atomic E-state index is 13.0. The van der Waals surface area contributed by atoms with E-state index < -0.39 is 0 Å². The van der Waals surface area contributed by atoms with Crippen LogP contribution < -0.4 is 0 Å². The molecule has 0 saturated carbocycles. The highest BCUT2D eigenvalue weighted by Gasteiger charge is 2.46. The monoisotopic (exact) mass is 262 g/mol. The van der Waals surface area contributed by atoms with E-state index in [1.807, 2.05) is 19.1 Å². The van der Waals surface area contributed by atoms with Crippen molar-refractivity contribution in [3.8, 4) is 0 Å². The smallest absolute Gasteiger partial charge is 0.138 e. The van der Waals surface area contributed by atoms with Gasteiger partial charge >= 0.3 is 0 Å². The number of ether oxygens (including phenoxy) is 1. The first-order valence-electron chi connectivity index (χ1n) is 7.12. The molecular weight excluding hydrogens is 243 g/mol. The van der Waals surface area contributed by atoms with Crippen LogP contribution in [-0.2, 0) is 9.53 Å². The molecule has 2 heterocycles. The Morgan fingerprint density at radius 1 is 1.32 bits per heavy atom. The third-order valence-electron chi connectivity index (χ3n) is 4.51. The highest BCUT2D eigenvalue weighted by molar-refractivity contribution is 5.82. The van der Waals surface area contributed by atoms with Gasteiger partial charge < -0.3 is 4.74 Å². The molecule has 102 valence electrons. The van der Waals surface area contributed by atoms with Gasteiger partial charge in [-0.15, -0.1) is 0 Å². The average Bonchev–Trinajstić information content (AvgIpc) is 2.80. The topological polar surface area (TPSA) is 26.3 Å². The summed E-state index contributed by atoms with van der Waals surface area (Å²) in [5.41, 5.74) is 1.08. The van der Waals surface area contributed by atoms with Crippen LogP contribution in [0.5, 0.6) is 0 Å². The summed E-state index contributed by atoms with van der Waals surface area (Å²) in [5, 5.41) is 0. The normalized spacial score (nSPS) is 33.4. The van der Waals surface area contributed by atoms with Crippen LogP contribution in [-0.4, -0.2) is 18.0 Å². The Morgan fingerprint density at radius 3 is 2.74 bits per heavy atom. The van der Waals surface area contributed by atoms with Gasteiger partial charge in [0.1, 0.15) is 11.6 Å². The van der Waals surface area contributed by atoms with Crippen LogP contribution in [0.2, 0.25) is 0 Å². The molecule has 1 unspecified atom stereocenters. The van der Waals surface area contributed by atoms with Crippen LogP contribution >= 0.6 is 0 Å². The molecule has 2 aliphatic rings. The van der Waals surface area contributed by atoms with Gasteiger partial charge in [-0.05, 0) is 42.9 Å². The number of carbonyl (C=O) groups excluding carboxylic acids is 1. The van der Waals surface area contributed by atoms with E-state index in [4.69, 9.17) is 4.74 Å². The first-order chi connectivity index (χ1) is 9.19. The van der Waals surface area contributed by atoms with Gasteiger partial charge in [0, 0.05) is 6.42 Å². The second-order valence-corrected chi connectivity index (χ2v) is 5.61. The molecule has 2 nitrogen and oxygen atoms in total. The third-order valence-corrected chi connectivity index (χ3v) is 4.51. The highest BCUT2D eigenvalue weighted by atomic mass is 19.1. The van der Waals surface area contributed by atoms with E-state index in [9.17, 15) is 9.18 Å². The van der Waals surface area contributed by atoms with Crippen molar-refractivity contribution in [3.05, 3.63) is 35.6 Å². The Labute approximate surface area is 113 Å². The van der Waals surface area contributed by atoms with Gasteiger partial charge in [0.2, 0.25) is 0 Å². The summed E-state index contributed by atoms with van der Waals surface area (Å²) in [7, 11) is 0. The van der Waals surface area contributed by atoms with Crippen molar-refractivity contribution in [1.82, 2.24) is 0 Å². The van der Waals surface area contributed by atoms with Crippen LogP contribution in [0, 0.1) is 11.7 Å². The third kappa shape index (κ3) is 2.32. The Balaban J connectivity index is 1.92. The van der Waals surface area contributed by atoms with Crippen molar-refractivity contribution in [3.63, 3.8) is 0 Å². The molecule has 0 aliphatic carbocycles. The molecular formula is C16H19FO2. The minimum absolute atomic E-state index is 0.0470. The minimum Gasteiger partial charge on any atom is -0.374 e. The quantitative estimate of drug-likeness (QED) is 0.834. The number of fused-ring (bicyclic) bond motifs is 2. The number of rotatable bonds is 3. The van der Waals surface area contributed by atoms with Crippen LogP contribution in [0.25, 0.3) is 0 Å². The number of ketones is 1. The molecule has 3 rings (SSSR count). The molecule has 0 radical (unpaired) electrons. The van der Waals surface area contributed by atoms with E-state index in [0.717, 1.165) is 24.8 Å². The summed E-state index contributed by atoms with van der Waals surface area (Å²) in [6.07, 6.45) is 3.82. The zero-order valence-corrected chi connectivity index (χ0v) is 11.1. The number of benzene rings is 1. The fourth-order valence-electron chi connectivity index (χ4n) is 3.58. The van der Waals surface area contributed by atoms with E-state index in [-0.39, 0.29) is 35.6 Å². The number of hydrogen-bond donors (Lipinski definition) is 0. The van der Waals surface area contributed by atoms with Gasteiger partial charge in [-0.3, -0.25) is 4.79 Å². The number of halogens is 1. The van der Waals surface area contributed by atoms with E-state index in [0.29, 0.717) is 6.42 Å². The van der Waals surface area contributed by atoms with E-state index >= 15 is 0 Å². The molecule has 19 heavy (non-hydrogen) atoms. The lowest BCUT2D eigenvalue weighted by Crippen LogP contribution is -2.38. The van der Waals surface area contributed by atoms with Gasteiger partial charge in [-0.1, -0.05) is 19.1 Å². The van der Waals surface area contributed by atoms with Crippen LogP contribution in [0.3, 0.4) is 0 Å². The molecule has 2 fully saturated rings. The summed E-state index contributed by atoms with van der Waals surface area (Å²) >= 11 is 0. The van der Waals surface area contributed by atoms with Gasteiger partial charge in [-0.25, -0.2) is 4.39 Å². The molecule has 2 aliphatic heterocycles. The van der Waals surface area contributed by atoms with Crippen LogP contribution in [0.1, 0.15) is 44.1 Å². The van der Waals surface area contributed by atoms with Gasteiger partial charge in [0.05, 0.1) is 18.1 Å². The van der Waals surface area contributed by atoms with E-state index in [2.05, 4.69) is 0 Å². The van der Waals surface area contributed by atoms with Crippen molar-refractivity contribution < 1.29 is 13.9 Å². The standard InChI is InChI=1S/C16H19FO2/c1-2-14(18)16-13(9-12-7-8-15(16)19-12)10-3-5-11(17)6-4-10/h3-6,12-13,15-16H,2,7-9H2,1H3/t12?,13-,15+,16-/m1/s1. The van der Waals surface area contributed by atoms with Crippen LogP contribution in [0.15, 0.2) is 24.3 Å². The van der Waals surface area contributed by atoms with Crippen molar-refractivity contribution >= 4 is 5.78 Å². The van der Waals surface area contributed by atoms with Gasteiger partial charge in [0.15, 0.2) is 0 Å². The Bertz CT molecular complexity index is 468. The Morgan fingerprint density at radius 2 is 2.05 bits per heavy atom. The second-order valence-electron chi connectivity index (χ2n) is 5.61. The Hall–Kier alpha value is -1.22. The molecule has 1 aromatic carbocycles. The van der Waals surface area contributed by atoms with Crippen molar-refractivity contribution in [2.45, 2.75) is 50.7 Å². The summed E-state index contributed by atoms with van der Waals surface area (Å²) in [5.74, 6) is 0.199. The summed E-state index contributed by atoms with van der Waals surface area (Å²) in [4.78, 5) is 12.3. The molecule has 0 N–H and O–H groups in total. The summed E-state index contributed by atoms with van der Waals surface area (Å²) in [6, 6.07) is 6.61. The van der Waals surface area contributed by atoms with E-state index in [1.165, 1.54) is 12.1 Å². The van der Waals surface area contributed by atoms with Crippen molar-refractivity contribution in [2.24, 2.45) is 5.92 Å². The maximum absolute atomic E-state index is 13.0. The lowest BCUT2D eigenvalue weighted by molar-refractivity contribution is -0.133. The summed E-state index contributed by atoms with van der Waals surface area (Å²) in [6.45, 7) is 1.91. The van der Waals surface area contributed by atoms with E-state index in [1.54, 1.807) is 0 Å². The van der Waals surface area contributed by atoms with Gasteiger partial charge in [0.25, 0.3) is 0 Å². The average molecular weight is 262 g/mol. The van der Waals surface area contributed by atoms with Gasteiger partial charge in [-0.2, -0.15) is 0 Å². The largest absolute Gasteiger partial charge is 0.374 e. The summed E-state index contributed by atoms with van der Waals surface area (Å²) < 4.78 is 19.0. The van der Waals surface area contributed by atoms with Crippen molar-refractivity contribution in [2.75, 3.05) is 0 Å². The minimum atomic E-state index is -0.225. The maximum Gasteiger partial charge on any atom is 0.138 e. The first kappa shape index (κ1) is 12.8. The SMILES string of the molecule is CCC(=O)[C@@H]1[C@@H]2CCC(C[C@@H]1c1ccc(F)cc1)O2. The van der Waals surface area contributed by atoms with Crippen molar-refractivity contribution in [1.29, 1.82) is 0 Å². The predicted molar refractivity (Wildman–Crippen MR) is 70.4 cm³/mol. The first-order valence-corrected chi connectivity index (χ1v) is 7.12. The number of Topliss-reactive ketones (excluding diaryl/α,β-unsaturated/α-hetero) is 1. The Kier molecular flexibility index (Phi) is 3.40. The highest BCUT2D eigenvalue weighted by Crippen LogP contribution is 2.45. The zero-order chi connectivity index (χ0) is 13.4. The molecule has 0 aromatic heterocycles. The van der Waals surface area contributed by atoms with Crippen LogP contribution in [0.4, 0.5) is 4.39 Å². The lowest BCUT2D eigenvalue weighted by atomic mass is 9.76. The molecule has 2 saturated heterocycles. The molecule has 4 atom stereocenters. The predicted octanol–water partition coefficient (Wildman–Crippen LogP) is 3.46.